The van der Waals surface area contributed by atoms with Crippen LogP contribution in [0.3, 0.4) is 0 Å². The van der Waals surface area contributed by atoms with Crippen molar-refractivity contribution in [1.82, 2.24) is 5.32 Å². The van der Waals surface area contributed by atoms with E-state index in [0.29, 0.717) is 0 Å². The molecule has 2 N–H and O–H groups in total. The fraction of sp³-hybridized carbons (Fsp3) is 0.278. The van der Waals surface area contributed by atoms with Crippen molar-refractivity contribution in [2.45, 2.75) is 12.5 Å². The molecule has 1 amide bonds. The molecule has 4 nitrogen and oxygen atoms in total. The molecule has 0 saturated carbocycles. The first-order chi connectivity index (χ1) is 11.5. The van der Waals surface area contributed by atoms with Crippen molar-refractivity contribution in [2.24, 2.45) is 0 Å². The Morgan fingerprint density at radius 3 is 2.96 bits per heavy atom. The Bertz CT molecular complexity index is 761. The van der Waals surface area contributed by atoms with Gasteiger partial charge in [-0.25, -0.2) is 4.39 Å². The van der Waals surface area contributed by atoms with Gasteiger partial charge in [0, 0.05) is 25.8 Å². The summed E-state index contributed by atoms with van der Waals surface area (Å²) in [6, 6.07) is 9.82. The molecule has 1 unspecified atom stereocenters. The first-order valence-corrected chi connectivity index (χ1v) is 8.09. The summed E-state index contributed by atoms with van der Waals surface area (Å²) >= 11 is 5.87. The second-order valence-electron chi connectivity index (χ2n) is 5.88. The molecule has 0 fully saturated rings. The topological polar surface area (TPSA) is 52.6 Å². The summed E-state index contributed by atoms with van der Waals surface area (Å²) in [4.78, 5) is 14.3. The van der Waals surface area contributed by atoms with E-state index in [9.17, 15) is 14.3 Å². The van der Waals surface area contributed by atoms with E-state index in [1.807, 2.05) is 25.2 Å². The lowest BCUT2D eigenvalue weighted by Gasteiger charge is -2.16. The molecule has 24 heavy (non-hydrogen) atoms. The molecule has 1 aliphatic heterocycles. The molecule has 0 saturated heterocycles. The predicted octanol–water partition coefficient (Wildman–Crippen LogP) is 2.93. The minimum absolute atomic E-state index is 0.0158. The van der Waals surface area contributed by atoms with Crippen molar-refractivity contribution in [3.05, 3.63) is 63.9 Å². The molecule has 0 radical (unpaired) electrons. The fourth-order valence-electron chi connectivity index (χ4n) is 2.90. The van der Waals surface area contributed by atoms with Crippen LogP contribution in [0, 0.1) is 5.82 Å². The minimum Gasteiger partial charge on any atom is -0.387 e. The van der Waals surface area contributed by atoms with Crippen LogP contribution in [0.15, 0.2) is 36.4 Å². The van der Waals surface area contributed by atoms with Crippen molar-refractivity contribution in [1.29, 1.82) is 0 Å². The molecule has 2 aromatic carbocycles. The second kappa shape index (κ2) is 6.79. The monoisotopic (exact) mass is 348 g/mol. The quantitative estimate of drug-likeness (QED) is 0.893. The zero-order valence-electron chi connectivity index (χ0n) is 13.2. The molecule has 2 aromatic rings. The van der Waals surface area contributed by atoms with E-state index in [1.54, 1.807) is 0 Å². The van der Waals surface area contributed by atoms with Crippen LogP contribution in [0.4, 0.5) is 10.1 Å². The lowest BCUT2D eigenvalue weighted by molar-refractivity contribution is 0.0912. The second-order valence-corrected chi connectivity index (χ2v) is 6.29. The summed E-state index contributed by atoms with van der Waals surface area (Å²) < 4.78 is 13.7. The van der Waals surface area contributed by atoms with Crippen molar-refractivity contribution in [3.63, 3.8) is 0 Å². The van der Waals surface area contributed by atoms with Gasteiger partial charge in [0.25, 0.3) is 5.91 Å². The maximum absolute atomic E-state index is 13.7. The number of aliphatic hydroxyl groups excluding tert-OH is 1. The summed E-state index contributed by atoms with van der Waals surface area (Å²) in [7, 11) is 2.03. The number of carbonyl (C=O) groups excluding carboxylic acids is 1. The summed E-state index contributed by atoms with van der Waals surface area (Å²) in [6.45, 7) is 0.940. The zero-order chi connectivity index (χ0) is 17.3. The van der Waals surface area contributed by atoms with Crippen molar-refractivity contribution in [2.75, 3.05) is 25.0 Å². The molecule has 126 valence electrons. The Balaban J connectivity index is 1.68. The first kappa shape index (κ1) is 16.7. The van der Waals surface area contributed by atoms with E-state index in [4.69, 9.17) is 11.6 Å². The Hall–Kier alpha value is -2.11. The van der Waals surface area contributed by atoms with Gasteiger partial charge in [0.15, 0.2) is 0 Å². The summed E-state index contributed by atoms with van der Waals surface area (Å²) in [5, 5.41) is 12.9. The number of nitrogens with zero attached hydrogens (tertiary/aromatic N) is 1. The summed E-state index contributed by atoms with van der Waals surface area (Å²) in [5.74, 6) is -1.33. The molecule has 0 aromatic heterocycles. The van der Waals surface area contributed by atoms with Gasteiger partial charge in [0.1, 0.15) is 5.82 Å². The maximum atomic E-state index is 13.7. The molecule has 0 aliphatic carbocycles. The van der Waals surface area contributed by atoms with Crippen LogP contribution in [0.2, 0.25) is 5.02 Å². The number of aliphatic hydroxyl groups is 1. The van der Waals surface area contributed by atoms with Crippen LogP contribution in [-0.4, -0.2) is 31.2 Å². The van der Waals surface area contributed by atoms with Gasteiger partial charge in [0.05, 0.1) is 16.7 Å². The highest BCUT2D eigenvalue weighted by atomic mass is 35.5. The first-order valence-electron chi connectivity index (χ1n) is 7.71. The number of rotatable bonds is 4. The summed E-state index contributed by atoms with van der Waals surface area (Å²) in [6.07, 6.45) is 0.0690. The standard InChI is InChI=1S/C18H18ClFN2O2/c1-22-8-7-11-9-12(5-6-15(11)22)16(23)10-21-18(24)17-13(19)3-2-4-14(17)20/h2-6,9,16,23H,7-8,10H2,1H3,(H,21,24). The molecular formula is C18H18ClFN2O2. The van der Waals surface area contributed by atoms with Crippen LogP contribution >= 0.6 is 11.6 Å². The number of anilines is 1. The lowest BCUT2D eigenvalue weighted by Crippen LogP contribution is -2.29. The molecule has 0 bridgehead atoms. The number of fused-ring (bicyclic) bond motifs is 1. The number of amides is 1. The molecule has 3 rings (SSSR count). The van der Waals surface area contributed by atoms with E-state index < -0.39 is 17.8 Å². The van der Waals surface area contributed by atoms with Crippen LogP contribution in [0.5, 0.6) is 0 Å². The molecule has 0 spiro atoms. The van der Waals surface area contributed by atoms with E-state index in [-0.39, 0.29) is 17.1 Å². The van der Waals surface area contributed by atoms with Crippen molar-refractivity contribution >= 4 is 23.2 Å². The molecule has 1 aliphatic rings. The smallest absolute Gasteiger partial charge is 0.255 e. The molecular weight excluding hydrogens is 331 g/mol. The lowest BCUT2D eigenvalue weighted by atomic mass is 10.0. The SMILES string of the molecule is CN1CCc2cc(C(O)CNC(=O)c3c(F)cccc3Cl)ccc21. The van der Waals surface area contributed by atoms with Crippen LogP contribution in [-0.2, 0) is 6.42 Å². The van der Waals surface area contributed by atoms with Gasteiger partial charge >= 0.3 is 0 Å². The van der Waals surface area contributed by atoms with Gasteiger partial charge in [-0.2, -0.15) is 0 Å². The van der Waals surface area contributed by atoms with Crippen LogP contribution in [0.1, 0.15) is 27.6 Å². The molecule has 6 heteroatoms. The number of benzene rings is 2. The average molecular weight is 349 g/mol. The van der Waals surface area contributed by atoms with E-state index >= 15 is 0 Å². The Kier molecular flexibility index (Phi) is 4.73. The average Bonchev–Trinajstić information content (AvgIpc) is 2.93. The Morgan fingerprint density at radius 2 is 2.21 bits per heavy atom. The minimum atomic E-state index is -0.865. The maximum Gasteiger partial charge on any atom is 0.255 e. The molecule has 1 heterocycles. The highest BCUT2D eigenvalue weighted by Crippen LogP contribution is 2.29. The highest BCUT2D eigenvalue weighted by Gasteiger charge is 2.20. The fourth-order valence-corrected chi connectivity index (χ4v) is 3.15. The number of nitrogens with one attached hydrogen (secondary N) is 1. The van der Waals surface area contributed by atoms with Gasteiger partial charge in [-0.15, -0.1) is 0 Å². The number of halogens is 2. The van der Waals surface area contributed by atoms with Gasteiger partial charge in [0.2, 0.25) is 0 Å². The van der Waals surface area contributed by atoms with Gasteiger partial charge < -0.3 is 15.3 Å². The third-order valence-corrected chi connectivity index (χ3v) is 4.58. The Morgan fingerprint density at radius 1 is 1.42 bits per heavy atom. The van der Waals surface area contributed by atoms with Crippen LogP contribution < -0.4 is 10.2 Å². The Labute approximate surface area is 144 Å². The number of likely N-dealkylation sites (N-methyl/N-ethyl adjacent to an activating group) is 1. The van der Waals surface area contributed by atoms with Crippen LogP contribution in [0.25, 0.3) is 0 Å². The third kappa shape index (κ3) is 3.23. The van der Waals surface area contributed by atoms with Gasteiger partial charge in [-0.1, -0.05) is 29.8 Å². The number of hydrogen-bond donors (Lipinski definition) is 2. The van der Waals surface area contributed by atoms with Crippen molar-refractivity contribution in [3.8, 4) is 0 Å². The summed E-state index contributed by atoms with van der Waals surface area (Å²) in [5.41, 5.74) is 2.86. The van der Waals surface area contributed by atoms with Gasteiger partial charge in [-0.05, 0) is 35.7 Å². The largest absolute Gasteiger partial charge is 0.387 e. The zero-order valence-corrected chi connectivity index (χ0v) is 14.0. The van der Waals surface area contributed by atoms with Crippen molar-refractivity contribution < 1.29 is 14.3 Å². The highest BCUT2D eigenvalue weighted by molar-refractivity contribution is 6.33. The molecule has 1 atom stereocenters. The predicted molar refractivity (Wildman–Crippen MR) is 92.1 cm³/mol. The van der Waals surface area contributed by atoms with E-state index in [1.165, 1.54) is 23.8 Å². The number of carbonyl (C=O) groups is 1. The van der Waals surface area contributed by atoms with E-state index in [0.717, 1.165) is 24.2 Å². The van der Waals surface area contributed by atoms with E-state index in [2.05, 4.69) is 10.2 Å². The number of hydrogen-bond acceptors (Lipinski definition) is 3. The van der Waals surface area contributed by atoms with Gasteiger partial charge in [-0.3, -0.25) is 4.79 Å². The third-order valence-electron chi connectivity index (χ3n) is 4.26. The normalized spacial score (nSPS) is 14.4.